The molecule has 1 aromatic rings. The van der Waals surface area contributed by atoms with Crippen LogP contribution in [0.4, 0.5) is 13.2 Å². The molecule has 0 saturated carbocycles. The maximum absolute atomic E-state index is 12.7. The smallest absolute Gasteiger partial charge is 0.235 e. The van der Waals surface area contributed by atoms with Crippen molar-refractivity contribution < 1.29 is 23.1 Å². The molecule has 0 amide bonds. The number of halogens is 3. The Morgan fingerprint density at radius 3 is 2.57 bits per heavy atom. The molecule has 0 unspecified atom stereocenters. The van der Waals surface area contributed by atoms with Gasteiger partial charge in [0, 0.05) is 5.56 Å². The molecular weight excluding hydrogens is 199 g/mol. The van der Waals surface area contributed by atoms with Gasteiger partial charge in [0.05, 0.1) is 6.54 Å². The zero-order valence-electron chi connectivity index (χ0n) is 6.72. The predicted octanol–water partition coefficient (Wildman–Crippen LogP) is 1.65. The lowest BCUT2D eigenvalue weighted by Crippen LogP contribution is -1.95. The summed E-state index contributed by atoms with van der Waals surface area (Å²) >= 11 is 0. The van der Waals surface area contributed by atoms with Crippen molar-refractivity contribution in [2.24, 2.45) is 4.99 Å². The number of benzene rings is 1. The van der Waals surface area contributed by atoms with E-state index in [0.29, 0.717) is 6.07 Å². The number of carbonyl (C=O) groups excluding carboxylic acids is 1. The van der Waals surface area contributed by atoms with Crippen molar-refractivity contribution in [1.29, 1.82) is 0 Å². The van der Waals surface area contributed by atoms with Gasteiger partial charge < -0.3 is 5.11 Å². The molecule has 0 aromatic heterocycles. The van der Waals surface area contributed by atoms with Crippen molar-refractivity contribution in [2.75, 3.05) is 0 Å². The van der Waals surface area contributed by atoms with Crippen LogP contribution < -0.4 is 0 Å². The lowest BCUT2D eigenvalue weighted by atomic mass is 10.2. The van der Waals surface area contributed by atoms with Gasteiger partial charge in [-0.2, -0.15) is 4.39 Å². The zero-order valence-corrected chi connectivity index (χ0v) is 6.72. The second-order valence-electron chi connectivity index (χ2n) is 2.40. The Morgan fingerprint density at radius 1 is 1.36 bits per heavy atom. The average molecular weight is 203 g/mol. The normalized spacial score (nSPS) is 9.64. The van der Waals surface area contributed by atoms with Crippen LogP contribution in [0.25, 0.3) is 0 Å². The fourth-order valence-corrected chi connectivity index (χ4v) is 0.872. The number of hydrogen-bond donors (Lipinski definition) is 1. The van der Waals surface area contributed by atoms with Crippen LogP contribution in [0, 0.1) is 17.5 Å². The van der Waals surface area contributed by atoms with Crippen LogP contribution in [-0.4, -0.2) is 11.2 Å². The van der Waals surface area contributed by atoms with E-state index in [4.69, 9.17) is 5.11 Å². The van der Waals surface area contributed by atoms with Crippen molar-refractivity contribution in [2.45, 2.75) is 6.54 Å². The summed E-state index contributed by atoms with van der Waals surface area (Å²) in [4.78, 5) is 12.7. The lowest BCUT2D eigenvalue weighted by molar-refractivity contribution is 0.381. The van der Waals surface area contributed by atoms with Crippen LogP contribution in [0.3, 0.4) is 0 Å². The summed E-state index contributed by atoms with van der Waals surface area (Å²) in [6.07, 6.45) is 1.12. The van der Waals surface area contributed by atoms with Crippen LogP contribution in [0.1, 0.15) is 5.56 Å². The van der Waals surface area contributed by atoms with Crippen molar-refractivity contribution in [3.05, 3.63) is 29.1 Å². The largest absolute Gasteiger partial charge is 0.505 e. The molecule has 0 heterocycles. The molecule has 3 nitrogen and oxygen atoms in total. The third-order valence-corrected chi connectivity index (χ3v) is 1.53. The summed E-state index contributed by atoms with van der Waals surface area (Å²) in [5, 5.41) is 8.96. The topological polar surface area (TPSA) is 49.7 Å². The first-order chi connectivity index (χ1) is 6.57. The Hall–Kier alpha value is -1.81. The van der Waals surface area contributed by atoms with Gasteiger partial charge >= 0.3 is 0 Å². The van der Waals surface area contributed by atoms with E-state index in [9.17, 15) is 18.0 Å². The Balaban J connectivity index is 3.25. The average Bonchev–Trinajstić information content (AvgIpc) is 2.18. The van der Waals surface area contributed by atoms with Gasteiger partial charge in [-0.15, -0.1) is 0 Å². The first-order valence-corrected chi connectivity index (χ1v) is 3.47. The Kier molecular flexibility index (Phi) is 2.89. The van der Waals surface area contributed by atoms with E-state index in [1.165, 1.54) is 0 Å². The van der Waals surface area contributed by atoms with Crippen molar-refractivity contribution in [3.63, 3.8) is 0 Å². The third kappa shape index (κ3) is 1.75. The minimum absolute atomic E-state index is 0.315. The van der Waals surface area contributed by atoms with Crippen molar-refractivity contribution in [1.82, 2.24) is 0 Å². The highest BCUT2D eigenvalue weighted by atomic mass is 19.2. The van der Waals surface area contributed by atoms with Crippen LogP contribution >= 0.6 is 0 Å². The van der Waals surface area contributed by atoms with Gasteiger partial charge in [0.1, 0.15) is 0 Å². The van der Waals surface area contributed by atoms with E-state index in [-0.39, 0.29) is 5.56 Å². The first kappa shape index (κ1) is 10.3. The molecule has 14 heavy (non-hydrogen) atoms. The molecule has 0 aliphatic rings. The summed E-state index contributed by atoms with van der Waals surface area (Å²) in [6, 6.07) is 0.564. The summed E-state index contributed by atoms with van der Waals surface area (Å²) < 4.78 is 37.7. The second-order valence-corrected chi connectivity index (χ2v) is 2.40. The number of hydrogen-bond acceptors (Lipinski definition) is 3. The van der Waals surface area contributed by atoms with Gasteiger partial charge in [-0.05, 0) is 6.07 Å². The fourth-order valence-electron chi connectivity index (χ4n) is 0.872. The molecule has 0 aliphatic carbocycles. The Labute approximate surface area is 76.5 Å². The number of aromatic hydroxyl groups is 1. The van der Waals surface area contributed by atoms with E-state index >= 15 is 0 Å². The van der Waals surface area contributed by atoms with Gasteiger partial charge in [-0.25, -0.2) is 18.6 Å². The van der Waals surface area contributed by atoms with Crippen molar-refractivity contribution >= 4 is 6.08 Å². The molecule has 1 aromatic carbocycles. The molecule has 1 N–H and O–H groups in total. The molecule has 0 radical (unpaired) electrons. The molecule has 0 fully saturated rings. The van der Waals surface area contributed by atoms with Gasteiger partial charge in [-0.3, -0.25) is 0 Å². The quantitative estimate of drug-likeness (QED) is 0.451. The van der Waals surface area contributed by atoms with Gasteiger partial charge in [-0.1, -0.05) is 0 Å². The maximum Gasteiger partial charge on any atom is 0.235 e. The predicted molar refractivity (Wildman–Crippen MR) is 39.8 cm³/mol. The Morgan fingerprint density at radius 2 is 2.00 bits per heavy atom. The fraction of sp³-hybridized carbons (Fsp3) is 0.125. The van der Waals surface area contributed by atoms with Crippen LogP contribution in [0.5, 0.6) is 5.75 Å². The van der Waals surface area contributed by atoms with E-state index in [1.54, 1.807) is 0 Å². The lowest BCUT2D eigenvalue weighted by Gasteiger charge is -2.03. The van der Waals surface area contributed by atoms with E-state index in [2.05, 4.69) is 4.99 Å². The molecule has 0 spiro atoms. The third-order valence-electron chi connectivity index (χ3n) is 1.53. The molecule has 0 saturated heterocycles. The summed E-state index contributed by atoms with van der Waals surface area (Å²) in [5.41, 5.74) is -0.315. The molecular formula is C8H4F3NO2. The molecule has 6 heteroatoms. The number of phenols is 1. The number of nitrogens with zero attached hydrogens (tertiary/aromatic N) is 1. The van der Waals surface area contributed by atoms with E-state index < -0.39 is 29.7 Å². The maximum atomic E-state index is 12.7. The van der Waals surface area contributed by atoms with Crippen molar-refractivity contribution in [3.8, 4) is 5.75 Å². The SMILES string of the molecule is O=C=NCc1cc(F)c(F)c(F)c1O. The highest BCUT2D eigenvalue weighted by molar-refractivity contribution is 5.38. The second kappa shape index (κ2) is 3.93. The standard InChI is InChI=1S/C8H4F3NO2/c9-5-1-4(2-12-3-13)8(14)7(11)6(5)10/h1,14H,2H2. The number of isocyanates is 1. The van der Waals surface area contributed by atoms with E-state index in [1.807, 2.05) is 0 Å². The van der Waals surface area contributed by atoms with Crippen LogP contribution in [0.2, 0.25) is 0 Å². The molecule has 0 atom stereocenters. The molecule has 0 aliphatic heterocycles. The minimum atomic E-state index is -1.76. The zero-order chi connectivity index (χ0) is 10.7. The van der Waals surface area contributed by atoms with Gasteiger partial charge in [0.2, 0.25) is 11.9 Å². The van der Waals surface area contributed by atoms with Gasteiger partial charge in [0.25, 0.3) is 0 Å². The first-order valence-electron chi connectivity index (χ1n) is 3.47. The van der Waals surface area contributed by atoms with Crippen LogP contribution in [0.15, 0.2) is 11.1 Å². The molecule has 0 bridgehead atoms. The Bertz CT molecular complexity index is 414. The summed E-state index contributed by atoms with van der Waals surface area (Å²) in [6.45, 7) is -0.455. The van der Waals surface area contributed by atoms with E-state index in [0.717, 1.165) is 6.08 Å². The molecule has 1 rings (SSSR count). The van der Waals surface area contributed by atoms with Gasteiger partial charge in [0.15, 0.2) is 17.4 Å². The summed E-state index contributed by atoms with van der Waals surface area (Å²) in [5.74, 6) is -5.96. The highest BCUT2D eigenvalue weighted by Gasteiger charge is 2.17. The minimum Gasteiger partial charge on any atom is -0.505 e. The number of phenolic OH excluding ortho intramolecular Hbond substituents is 1. The monoisotopic (exact) mass is 203 g/mol. The highest BCUT2D eigenvalue weighted by Crippen LogP contribution is 2.26. The number of rotatable bonds is 2. The van der Waals surface area contributed by atoms with Crippen LogP contribution in [-0.2, 0) is 11.3 Å². The summed E-state index contributed by atoms with van der Waals surface area (Å²) in [7, 11) is 0. The number of aliphatic imine (C=N–C) groups is 1. The molecule has 74 valence electrons.